The second kappa shape index (κ2) is 4.93. The van der Waals surface area contributed by atoms with Crippen molar-refractivity contribution in [3.8, 4) is 0 Å². The molecule has 5 heteroatoms. The van der Waals surface area contributed by atoms with Crippen LogP contribution in [0.15, 0.2) is 24.4 Å². The lowest BCUT2D eigenvalue weighted by molar-refractivity contribution is 0.0859. The molecule has 1 aliphatic rings. The number of H-pyrrole nitrogens is 1. The minimum absolute atomic E-state index is 0.0773. The summed E-state index contributed by atoms with van der Waals surface area (Å²) in [5, 5.41) is 3.81. The van der Waals surface area contributed by atoms with Crippen LogP contribution in [0, 0.1) is 0 Å². The molecule has 2 heterocycles. The number of carbonyl (C=O) groups excluding carboxylic acids is 1. The van der Waals surface area contributed by atoms with Gasteiger partial charge in [-0.1, -0.05) is 0 Å². The average Bonchev–Trinajstić information content (AvgIpc) is 3.04. The van der Waals surface area contributed by atoms with Crippen LogP contribution in [0.5, 0.6) is 0 Å². The van der Waals surface area contributed by atoms with Crippen molar-refractivity contribution in [2.75, 3.05) is 18.9 Å². The van der Waals surface area contributed by atoms with Crippen LogP contribution in [0.4, 0.5) is 5.69 Å². The van der Waals surface area contributed by atoms with Crippen molar-refractivity contribution in [3.63, 3.8) is 0 Å². The van der Waals surface area contributed by atoms with E-state index >= 15 is 0 Å². The van der Waals surface area contributed by atoms with E-state index in [9.17, 15) is 4.79 Å². The van der Waals surface area contributed by atoms with Crippen LogP contribution in [0.2, 0.25) is 0 Å². The molecule has 1 unspecified atom stereocenters. The standard InChI is InChI=1S/C14H17N3O2/c15-9-3-4-11-12(8-16-13(11)6-9)14(18)17-7-10-2-1-5-19-10/h3-4,6,8,10,16H,1-2,5,7,15H2,(H,17,18). The second-order valence-corrected chi connectivity index (χ2v) is 4.85. The van der Waals surface area contributed by atoms with E-state index in [1.165, 1.54) is 0 Å². The molecule has 19 heavy (non-hydrogen) atoms. The fourth-order valence-electron chi connectivity index (χ4n) is 2.44. The van der Waals surface area contributed by atoms with Gasteiger partial charge >= 0.3 is 0 Å². The van der Waals surface area contributed by atoms with E-state index < -0.39 is 0 Å². The second-order valence-electron chi connectivity index (χ2n) is 4.85. The van der Waals surface area contributed by atoms with Crippen LogP contribution in [0.25, 0.3) is 10.9 Å². The van der Waals surface area contributed by atoms with Gasteiger partial charge in [0.15, 0.2) is 0 Å². The molecular formula is C14H17N3O2. The van der Waals surface area contributed by atoms with Gasteiger partial charge in [-0.15, -0.1) is 0 Å². The predicted molar refractivity (Wildman–Crippen MR) is 74.0 cm³/mol. The SMILES string of the molecule is Nc1ccc2c(C(=O)NCC3CCCO3)c[nH]c2c1. The lowest BCUT2D eigenvalue weighted by atomic mass is 10.1. The van der Waals surface area contributed by atoms with Crippen LogP contribution < -0.4 is 11.1 Å². The van der Waals surface area contributed by atoms with E-state index in [-0.39, 0.29) is 12.0 Å². The first-order valence-electron chi connectivity index (χ1n) is 6.50. The number of hydrogen-bond donors (Lipinski definition) is 3. The lowest BCUT2D eigenvalue weighted by Gasteiger charge is -2.10. The summed E-state index contributed by atoms with van der Waals surface area (Å²) in [6.45, 7) is 1.37. The summed E-state index contributed by atoms with van der Waals surface area (Å²) < 4.78 is 5.48. The molecule has 100 valence electrons. The van der Waals surface area contributed by atoms with Gasteiger partial charge < -0.3 is 20.8 Å². The summed E-state index contributed by atoms with van der Waals surface area (Å²) in [7, 11) is 0. The Morgan fingerprint density at radius 1 is 1.53 bits per heavy atom. The number of hydrogen-bond acceptors (Lipinski definition) is 3. The third-order valence-electron chi connectivity index (χ3n) is 3.46. The summed E-state index contributed by atoms with van der Waals surface area (Å²) in [5.41, 5.74) is 7.92. The number of ether oxygens (including phenoxy) is 1. The van der Waals surface area contributed by atoms with E-state index in [4.69, 9.17) is 10.5 Å². The molecule has 0 spiro atoms. The van der Waals surface area contributed by atoms with Gasteiger partial charge in [0.2, 0.25) is 0 Å². The number of aromatic amines is 1. The smallest absolute Gasteiger partial charge is 0.253 e. The molecule has 2 aromatic rings. The largest absolute Gasteiger partial charge is 0.399 e. The molecule has 1 aliphatic heterocycles. The zero-order chi connectivity index (χ0) is 13.2. The molecule has 1 fully saturated rings. The van der Waals surface area contributed by atoms with Gasteiger partial charge in [0.05, 0.1) is 11.7 Å². The number of nitrogens with one attached hydrogen (secondary N) is 2. The Labute approximate surface area is 111 Å². The fraction of sp³-hybridized carbons (Fsp3) is 0.357. The van der Waals surface area contributed by atoms with E-state index in [2.05, 4.69) is 10.3 Å². The minimum Gasteiger partial charge on any atom is -0.399 e. The first-order valence-corrected chi connectivity index (χ1v) is 6.50. The number of benzene rings is 1. The number of nitrogen functional groups attached to an aromatic ring is 1. The first kappa shape index (κ1) is 12.0. The highest BCUT2D eigenvalue weighted by Gasteiger charge is 2.18. The summed E-state index contributed by atoms with van der Waals surface area (Å²) in [6.07, 6.45) is 3.97. The molecule has 1 saturated heterocycles. The van der Waals surface area contributed by atoms with Crippen LogP contribution in [-0.2, 0) is 4.74 Å². The monoisotopic (exact) mass is 259 g/mol. The molecular weight excluding hydrogens is 242 g/mol. The van der Waals surface area contributed by atoms with Gasteiger partial charge in [0, 0.05) is 35.9 Å². The highest BCUT2D eigenvalue weighted by atomic mass is 16.5. The summed E-state index contributed by atoms with van der Waals surface area (Å²) in [4.78, 5) is 15.2. The van der Waals surface area contributed by atoms with E-state index in [0.717, 1.165) is 30.4 Å². The van der Waals surface area contributed by atoms with Gasteiger partial charge in [-0.3, -0.25) is 4.79 Å². The Morgan fingerprint density at radius 2 is 2.42 bits per heavy atom. The number of rotatable bonds is 3. The molecule has 0 saturated carbocycles. The van der Waals surface area contributed by atoms with Crippen molar-refractivity contribution in [1.82, 2.24) is 10.3 Å². The van der Waals surface area contributed by atoms with E-state index in [1.54, 1.807) is 12.3 Å². The zero-order valence-corrected chi connectivity index (χ0v) is 10.6. The van der Waals surface area contributed by atoms with Crippen LogP contribution in [0.3, 0.4) is 0 Å². The number of carbonyl (C=O) groups is 1. The van der Waals surface area contributed by atoms with Crippen LogP contribution in [-0.4, -0.2) is 30.1 Å². The third kappa shape index (κ3) is 2.42. The maximum Gasteiger partial charge on any atom is 0.253 e. The van der Waals surface area contributed by atoms with Crippen molar-refractivity contribution in [2.45, 2.75) is 18.9 Å². The van der Waals surface area contributed by atoms with Crippen molar-refractivity contribution in [1.29, 1.82) is 0 Å². The molecule has 1 aromatic carbocycles. The van der Waals surface area contributed by atoms with Crippen molar-refractivity contribution >= 4 is 22.5 Å². The van der Waals surface area contributed by atoms with Gasteiger partial charge in [-0.25, -0.2) is 0 Å². The maximum atomic E-state index is 12.1. The topological polar surface area (TPSA) is 80.1 Å². The predicted octanol–water partition coefficient (Wildman–Crippen LogP) is 1.66. The Kier molecular flexibility index (Phi) is 3.13. The number of nitrogens with two attached hydrogens (primary N) is 1. The van der Waals surface area contributed by atoms with Crippen molar-refractivity contribution in [2.24, 2.45) is 0 Å². The number of aromatic nitrogens is 1. The maximum absolute atomic E-state index is 12.1. The Balaban J connectivity index is 1.74. The molecule has 0 bridgehead atoms. The zero-order valence-electron chi connectivity index (χ0n) is 10.6. The van der Waals surface area contributed by atoms with Crippen molar-refractivity contribution in [3.05, 3.63) is 30.0 Å². The minimum atomic E-state index is -0.0773. The molecule has 5 nitrogen and oxygen atoms in total. The normalized spacial score (nSPS) is 18.8. The molecule has 1 atom stereocenters. The fourth-order valence-corrected chi connectivity index (χ4v) is 2.44. The van der Waals surface area contributed by atoms with Gasteiger partial charge in [-0.2, -0.15) is 0 Å². The summed E-state index contributed by atoms with van der Waals surface area (Å²) >= 11 is 0. The molecule has 3 rings (SSSR count). The summed E-state index contributed by atoms with van der Waals surface area (Å²) in [5.74, 6) is -0.0773. The molecule has 1 aromatic heterocycles. The van der Waals surface area contributed by atoms with Crippen LogP contribution in [0.1, 0.15) is 23.2 Å². The quantitative estimate of drug-likeness (QED) is 0.733. The Hall–Kier alpha value is -2.01. The number of amides is 1. The Bertz CT molecular complexity index is 600. The first-order chi connectivity index (χ1) is 9.24. The van der Waals surface area contributed by atoms with Gasteiger partial charge in [0.25, 0.3) is 5.91 Å². The van der Waals surface area contributed by atoms with Gasteiger partial charge in [-0.05, 0) is 31.0 Å². The van der Waals surface area contributed by atoms with Crippen LogP contribution >= 0.6 is 0 Å². The molecule has 4 N–H and O–H groups in total. The number of fused-ring (bicyclic) bond motifs is 1. The highest BCUT2D eigenvalue weighted by Crippen LogP contribution is 2.20. The Morgan fingerprint density at radius 3 is 3.21 bits per heavy atom. The van der Waals surface area contributed by atoms with E-state index in [1.807, 2.05) is 12.1 Å². The lowest BCUT2D eigenvalue weighted by Crippen LogP contribution is -2.31. The average molecular weight is 259 g/mol. The molecule has 0 aliphatic carbocycles. The third-order valence-corrected chi connectivity index (χ3v) is 3.46. The molecule has 1 amide bonds. The highest BCUT2D eigenvalue weighted by molar-refractivity contribution is 6.07. The summed E-state index contributed by atoms with van der Waals surface area (Å²) in [6, 6.07) is 5.49. The van der Waals surface area contributed by atoms with E-state index in [0.29, 0.717) is 17.8 Å². The number of anilines is 1. The molecule has 0 radical (unpaired) electrons. The van der Waals surface area contributed by atoms with Gasteiger partial charge in [0.1, 0.15) is 0 Å². The van der Waals surface area contributed by atoms with Crippen molar-refractivity contribution < 1.29 is 9.53 Å².